The van der Waals surface area contributed by atoms with Gasteiger partial charge in [-0.3, -0.25) is 4.79 Å². The molecule has 0 aliphatic rings. The lowest BCUT2D eigenvalue weighted by atomic mass is 10.1. The van der Waals surface area contributed by atoms with Crippen LogP contribution in [0.3, 0.4) is 0 Å². The lowest BCUT2D eigenvalue weighted by molar-refractivity contribution is 0.0940. The first-order valence-corrected chi connectivity index (χ1v) is 8.93. The Labute approximate surface area is 162 Å². The van der Waals surface area contributed by atoms with E-state index in [-0.39, 0.29) is 17.8 Å². The lowest BCUT2D eigenvalue weighted by Crippen LogP contribution is -2.26. The molecule has 138 valence electrons. The van der Waals surface area contributed by atoms with Crippen LogP contribution in [0, 0.1) is 5.82 Å². The summed E-state index contributed by atoms with van der Waals surface area (Å²) in [6.07, 6.45) is 0. The number of amides is 1. The second-order valence-electron chi connectivity index (χ2n) is 6.15. The Bertz CT molecular complexity index is 910. The normalized spacial score (nSPS) is 11.7. The Kier molecular flexibility index (Phi) is 6.09. The van der Waals surface area contributed by atoms with Crippen molar-refractivity contribution in [1.82, 2.24) is 5.32 Å². The van der Waals surface area contributed by atoms with Crippen molar-refractivity contribution in [2.75, 3.05) is 0 Å². The van der Waals surface area contributed by atoms with Crippen LogP contribution in [-0.2, 0) is 6.61 Å². The largest absolute Gasteiger partial charge is 0.489 e. The van der Waals surface area contributed by atoms with Gasteiger partial charge in [-0.25, -0.2) is 4.39 Å². The summed E-state index contributed by atoms with van der Waals surface area (Å²) in [5.41, 5.74) is 2.26. The van der Waals surface area contributed by atoms with Gasteiger partial charge in [0.05, 0.1) is 6.04 Å². The molecule has 3 aromatic carbocycles. The minimum Gasteiger partial charge on any atom is -0.489 e. The van der Waals surface area contributed by atoms with E-state index in [1.54, 1.807) is 36.4 Å². The first-order chi connectivity index (χ1) is 13.0. The molecule has 0 aliphatic heterocycles. The molecule has 0 heterocycles. The quantitative estimate of drug-likeness (QED) is 0.606. The van der Waals surface area contributed by atoms with Crippen molar-refractivity contribution in [3.05, 3.63) is 100 Å². The van der Waals surface area contributed by atoms with Crippen LogP contribution in [0.25, 0.3) is 0 Å². The van der Waals surface area contributed by atoms with Gasteiger partial charge in [0.1, 0.15) is 18.2 Å². The maximum atomic E-state index is 13.0. The van der Waals surface area contributed by atoms with E-state index >= 15 is 0 Å². The third-order valence-electron chi connectivity index (χ3n) is 4.19. The van der Waals surface area contributed by atoms with Crippen molar-refractivity contribution < 1.29 is 13.9 Å². The van der Waals surface area contributed by atoms with Crippen LogP contribution in [0.15, 0.2) is 72.8 Å². The van der Waals surface area contributed by atoms with Crippen LogP contribution in [0.4, 0.5) is 4.39 Å². The Morgan fingerprint density at radius 1 is 1.04 bits per heavy atom. The van der Waals surface area contributed by atoms with Crippen molar-refractivity contribution in [2.24, 2.45) is 0 Å². The predicted molar refractivity (Wildman–Crippen MR) is 105 cm³/mol. The van der Waals surface area contributed by atoms with Crippen LogP contribution < -0.4 is 10.1 Å². The van der Waals surface area contributed by atoms with Crippen molar-refractivity contribution in [1.29, 1.82) is 0 Å². The van der Waals surface area contributed by atoms with Crippen LogP contribution in [0.5, 0.6) is 5.75 Å². The van der Waals surface area contributed by atoms with Crippen molar-refractivity contribution >= 4 is 17.5 Å². The molecule has 1 amide bonds. The van der Waals surface area contributed by atoms with Gasteiger partial charge in [0.25, 0.3) is 5.91 Å². The number of hydrogen-bond acceptors (Lipinski definition) is 2. The zero-order valence-electron chi connectivity index (χ0n) is 14.8. The zero-order valence-corrected chi connectivity index (χ0v) is 15.5. The first-order valence-electron chi connectivity index (χ1n) is 8.55. The van der Waals surface area contributed by atoms with Crippen molar-refractivity contribution in [3.8, 4) is 5.75 Å². The summed E-state index contributed by atoms with van der Waals surface area (Å²) < 4.78 is 18.7. The fraction of sp³-hybridized carbons (Fsp3) is 0.136. The third kappa shape index (κ3) is 5.08. The molecule has 0 saturated carbocycles. The zero-order chi connectivity index (χ0) is 19.2. The Balaban J connectivity index is 1.58. The maximum absolute atomic E-state index is 13.0. The molecule has 0 bridgehead atoms. The summed E-state index contributed by atoms with van der Waals surface area (Å²) in [5.74, 6) is 0.146. The summed E-state index contributed by atoms with van der Waals surface area (Å²) in [6, 6.07) is 20.2. The van der Waals surface area contributed by atoms with Crippen LogP contribution >= 0.6 is 11.6 Å². The molecule has 0 aliphatic carbocycles. The van der Waals surface area contributed by atoms with Gasteiger partial charge in [0, 0.05) is 16.1 Å². The molecule has 3 aromatic rings. The van der Waals surface area contributed by atoms with E-state index in [2.05, 4.69) is 5.32 Å². The summed E-state index contributed by atoms with van der Waals surface area (Å²) in [6.45, 7) is 2.21. The molecular formula is C22H19ClFNO2. The maximum Gasteiger partial charge on any atom is 0.251 e. The number of rotatable bonds is 6. The lowest BCUT2D eigenvalue weighted by Gasteiger charge is -2.14. The van der Waals surface area contributed by atoms with Crippen LogP contribution in [-0.4, -0.2) is 5.91 Å². The molecule has 0 fully saturated rings. The minimum absolute atomic E-state index is 0.204. The van der Waals surface area contributed by atoms with E-state index < -0.39 is 0 Å². The van der Waals surface area contributed by atoms with Gasteiger partial charge in [-0.15, -0.1) is 0 Å². The summed E-state index contributed by atoms with van der Waals surface area (Å²) >= 11 is 6.11. The fourth-order valence-electron chi connectivity index (χ4n) is 2.59. The Hall–Kier alpha value is -2.85. The number of nitrogens with one attached hydrogen (secondary N) is 1. The van der Waals surface area contributed by atoms with Gasteiger partial charge < -0.3 is 10.1 Å². The van der Waals surface area contributed by atoms with E-state index in [0.717, 1.165) is 11.1 Å². The summed E-state index contributed by atoms with van der Waals surface area (Å²) in [4.78, 5) is 12.4. The highest BCUT2D eigenvalue weighted by Crippen LogP contribution is 2.19. The first kappa shape index (κ1) is 18.9. The Morgan fingerprint density at radius 3 is 2.37 bits per heavy atom. The average Bonchev–Trinajstić information content (AvgIpc) is 2.68. The van der Waals surface area contributed by atoms with E-state index in [4.69, 9.17) is 16.3 Å². The smallest absolute Gasteiger partial charge is 0.251 e. The SMILES string of the molecule is C[C@@H](NC(=O)c1ccc(OCc2ccccc2Cl)cc1)c1ccc(F)cc1. The second-order valence-corrected chi connectivity index (χ2v) is 6.56. The number of halogens is 2. The highest BCUT2D eigenvalue weighted by Gasteiger charge is 2.12. The van der Waals surface area contributed by atoms with Crippen molar-refractivity contribution in [3.63, 3.8) is 0 Å². The minimum atomic E-state index is -0.301. The van der Waals surface area contributed by atoms with E-state index in [0.29, 0.717) is 22.9 Å². The molecule has 0 radical (unpaired) electrons. The van der Waals surface area contributed by atoms with Crippen molar-refractivity contribution in [2.45, 2.75) is 19.6 Å². The number of ether oxygens (including phenoxy) is 1. The number of carbonyl (C=O) groups is 1. The molecular weight excluding hydrogens is 365 g/mol. The summed E-state index contributed by atoms with van der Waals surface area (Å²) in [5, 5.41) is 3.55. The van der Waals surface area contributed by atoms with Gasteiger partial charge in [0.2, 0.25) is 0 Å². The molecule has 1 N–H and O–H groups in total. The van der Waals surface area contributed by atoms with E-state index in [1.807, 2.05) is 31.2 Å². The number of hydrogen-bond donors (Lipinski definition) is 1. The monoisotopic (exact) mass is 383 g/mol. The molecule has 5 heteroatoms. The molecule has 1 atom stereocenters. The van der Waals surface area contributed by atoms with Crippen LogP contribution in [0.2, 0.25) is 5.02 Å². The topological polar surface area (TPSA) is 38.3 Å². The summed E-state index contributed by atoms with van der Waals surface area (Å²) in [7, 11) is 0. The molecule has 0 aromatic heterocycles. The fourth-order valence-corrected chi connectivity index (χ4v) is 2.78. The van der Waals surface area contributed by atoms with Gasteiger partial charge >= 0.3 is 0 Å². The highest BCUT2D eigenvalue weighted by molar-refractivity contribution is 6.31. The second kappa shape index (κ2) is 8.69. The highest BCUT2D eigenvalue weighted by atomic mass is 35.5. The van der Waals surface area contributed by atoms with Gasteiger partial charge in [-0.2, -0.15) is 0 Å². The van der Waals surface area contributed by atoms with Gasteiger partial charge in [-0.05, 0) is 55.0 Å². The number of carbonyl (C=O) groups excluding carboxylic acids is 1. The molecule has 0 unspecified atom stereocenters. The number of benzene rings is 3. The van der Waals surface area contributed by atoms with Crippen LogP contribution in [0.1, 0.15) is 34.5 Å². The van der Waals surface area contributed by atoms with Gasteiger partial charge in [0.15, 0.2) is 0 Å². The molecule has 0 saturated heterocycles. The molecule has 3 nitrogen and oxygen atoms in total. The standard InChI is InChI=1S/C22H19ClFNO2/c1-15(16-6-10-19(24)11-7-16)25-22(26)17-8-12-20(13-9-17)27-14-18-4-2-3-5-21(18)23/h2-13,15H,14H2,1H3,(H,25,26)/t15-/m1/s1. The van der Waals surface area contributed by atoms with E-state index in [9.17, 15) is 9.18 Å². The molecule has 3 rings (SSSR count). The molecule has 0 spiro atoms. The molecule has 27 heavy (non-hydrogen) atoms. The van der Waals surface area contributed by atoms with E-state index in [1.165, 1.54) is 12.1 Å². The Morgan fingerprint density at radius 2 is 1.70 bits per heavy atom. The third-order valence-corrected chi connectivity index (χ3v) is 4.56. The average molecular weight is 384 g/mol. The van der Waals surface area contributed by atoms with Gasteiger partial charge in [-0.1, -0.05) is 41.9 Å². The predicted octanol–water partition coefficient (Wildman–Crippen LogP) is 5.55.